The molecule has 0 radical (unpaired) electrons. The molecule has 24 heavy (non-hydrogen) atoms. The molecule has 0 aliphatic carbocycles. The van der Waals surface area contributed by atoms with Crippen molar-refractivity contribution in [1.29, 1.82) is 0 Å². The van der Waals surface area contributed by atoms with Gasteiger partial charge >= 0.3 is 0 Å². The molecule has 124 valence electrons. The fourth-order valence-electron chi connectivity index (χ4n) is 2.36. The van der Waals surface area contributed by atoms with Gasteiger partial charge in [-0.25, -0.2) is 0 Å². The van der Waals surface area contributed by atoms with Gasteiger partial charge in [-0.1, -0.05) is 72.5 Å². The third-order valence-electron chi connectivity index (χ3n) is 3.58. The molecule has 0 aromatic heterocycles. The summed E-state index contributed by atoms with van der Waals surface area (Å²) in [6.07, 6.45) is 4.08. The van der Waals surface area contributed by atoms with Crippen molar-refractivity contribution in [2.75, 3.05) is 13.6 Å². The molecule has 1 nitrogen and oxygen atoms in total. The average molecular weight is 317 g/mol. The molecule has 0 spiro atoms. The number of nitrogens with zero attached hydrogens (tertiary/aromatic N) is 1. The van der Waals surface area contributed by atoms with Crippen LogP contribution >= 0.6 is 0 Å². The molecule has 0 amide bonds. The Balaban J connectivity index is 1.87. The Hall–Kier alpha value is -2.30. The van der Waals surface area contributed by atoms with Crippen LogP contribution in [0.4, 0.5) is 0 Å². The van der Waals surface area contributed by atoms with E-state index in [2.05, 4.69) is 99.2 Å². The van der Waals surface area contributed by atoms with E-state index in [0.29, 0.717) is 0 Å². The Morgan fingerprint density at radius 2 is 1.54 bits per heavy atom. The summed E-state index contributed by atoms with van der Waals surface area (Å²) in [7, 11) is 2.13. The molecule has 2 rings (SSSR count). The van der Waals surface area contributed by atoms with Gasteiger partial charge in [-0.3, -0.25) is 4.90 Å². The van der Waals surface area contributed by atoms with E-state index in [0.717, 1.165) is 13.1 Å². The fourth-order valence-corrected chi connectivity index (χ4v) is 2.36. The van der Waals surface area contributed by atoms with Crippen LogP contribution in [0.25, 0.3) is 11.1 Å². The lowest BCUT2D eigenvalue weighted by Crippen LogP contribution is -2.17. The van der Waals surface area contributed by atoms with Crippen LogP contribution in [0, 0.1) is 17.3 Å². The van der Waals surface area contributed by atoms with Gasteiger partial charge in [0.2, 0.25) is 0 Å². The second-order valence-electron chi connectivity index (χ2n) is 7.18. The van der Waals surface area contributed by atoms with Crippen molar-refractivity contribution >= 4 is 0 Å². The standard InChI is InChI=1S/C23H27N/c1-23(2,3)17-9-6-10-18-24(4)19-20-13-15-22(16-14-20)21-11-7-5-8-12-21/h5-8,10-16H,18-19H2,1-4H3/b10-6-. The lowest BCUT2D eigenvalue weighted by Gasteiger charge is -2.14. The highest BCUT2D eigenvalue weighted by Crippen LogP contribution is 2.19. The monoisotopic (exact) mass is 317 g/mol. The van der Waals surface area contributed by atoms with E-state index in [1.165, 1.54) is 16.7 Å². The molecule has 2 aromatic carbocycles. The predicted molar refractivity (Wildman–Crippen MR) is 105 cm³/mol. The van der Waals surface area contributed by atoms with Crippen molar-refractivity contribution in [2.45, 2.75) is 27.3 Å². The molecule has 0 saturated carbocycles. The molecule has 0 fully saturated rings. The maximum Gasteiger partial charge on any atom is 0.0234 e. The zero-order chi connectivity index (χ0) is 17.4. The highest BCUT2D eigenvalue weighted by Gasteiger charge is 2.02. The van der Waals surface area contributed by atoms with Gasteiger partial charge < -0.3 is 0 Å². The van der Waals surface area contributed by atoms with Crippen molar-refractivity contribution in [2.24, 2.45) is 5.41 Å². The fraction of sp³-hybridized carbons (Fsp3) is 0.304. The normalized spacial score (nSPS) is 11.5. The number of rotatable bonds is 5. The zero-order valence-electron chi connectivity index (χ0n) is 15.2. The van der Waals surface area contributed by atoms with Crippen LogP contribution in [-0.4, -0.2) is 18.5 Å². The first-order chi connectivity index (χ1) is 11.4. The van der Waals surface area contributed by atoms with E-state index in [4.69, 9.17) is 0 Å². The predicted octanol–water partition coefficient (Wildman–Crippen LogP) is 5.39. The van der Waals surface area contributed by atoms with E-state index in [1.54, 1.807) is 0 Å². The third-order valence-corrected chi connectivity index (χ3v) is 3.58. The van der Waals surface area contributed by atoms with E-state index in [1.807, 2.05) is 12.1 Å². The van der Waals surface area contributed by atoms with Gasteiger partial charge in [-0.15, -0.1) is 0 Å². The molecule has 0 N–H and O–H groups in total. The van der Waals surface area contributed by atoms with Crippen molar-refractivity contribution < 1.29 is 0 Å². The molecule has 0 heterocycles. The van der Waals surface area contributed by atoms with Crippen LogP contribution in [0.3, 0.4) is 0 Å². The third kappa shape index (κ3) is 6.44. The topological polar surface area (TPSA) is 3.24 Å². The minimum Gasteiger partial charge on any atom is -0.298 e. The first kappa shape index (κ1) is 18.0. The summed E-state index contributed by atoms with van der Waals surface area (Å²) in [5.74, 6) is 6.32. The molecule has 1 heteroatoms. The highest BCUT2D eigenvalue weighted by molar-refractivity contribution is 5.63. The maximum atomic E-state index is 3.21. The highest BCUT2D eigenvalue weighted by atomic mass is 15.1. The van der Waals surface area contributed by atoms with Gasteiger partial charge in [-0.2, -0.15) is 0 Å². The molecule has 0 aliphatic rings. The average Bonchev–Trinajstić information content (AvgIpc) is 2.55. The molecule has 0 atom stereocenters. The Labute approximate surface area is 147 Å². The van der Waals surface area contributed by atoms with Crippen LogP contribution in [-0.2, 0) is 6.54 Å². The Morgan fingerprint density at radius 3 is 2.17 bits per heavy atom. The maximum absolute atomic E-state index is 3.21. The summed E-state index contributed by atoms with van der Waals surface area (Å²) in [6, 6.07) is 19.3. The van der Waals surface area contributed by atoms with Crippen LogP contribution in [0.2, 0.25) is 0 Å². The van der Waals surface area contributed by atoms with Crippen LogP contribution < -0.4 is 0 Å². The first-order valence-electron chi connectivity index (χ1n) is 8.45. The smallest absolute Gasteiger partial charge is 0.0234 e. The Kier molecular flexibility index (Phi) is 6.41. The van der Waals surface area contributed by atoms with Crippen molar-refractivity contribution in [3.63, 3.8) is 0 Å². The minimum atomic E-state index is 0.0662. The summed E-state index contributed by atoms with van der Waals surface area (Å²) < 4.78 is 0. The van der Waals surface area contributed by atoms with E-state index in [9.17, 15) is 0 Å². The van der Waals surface area contributed by atoms with Gasteiger partial charge in [0.25, 0.3) is 0 Å². The summed E-state index contributed by atoms with van der Waals surface area (Å²) in [5, 5.41) is 0. The van der Waals surface area contributed by atoms with E-state index in [-0.39, 0.29) is 5.41 Å². The van der Waals surface area contributed by atoms with Gasteiger partial charge in [0, 0.05) is 18.5 Å². The molecule has 0 saturated heterocycles. The zero-order valence-corrected chi connectivity index (χ0v) is 15.2. The lowest BCUT2D eigenvalue weighted by atomic mass is 9.98. The van der Waals surface area contributed by atoms with Gasteiger partial charge in [-0.05, 0) is 50.6 Å². The van der Waals surface area contributed by atoms with Gasteiger partial charge in [0.05, 0.1) is 0 Å². The second kappa shape index (κ2) is 8.52. The number of hydrogen-bond acceptors (Lipinski definition) is 1. The summed E-state index contributed by atoms with van der Waals surface area (Å²) in [6.45, 7) is 8.21. The van der Waals surface area contributed by atoms with Crippen molar-refractivity contribution in [3.8, 4) is 23.0 Å². The molecular formula is C23H27N. The summed E-state index contributed by atoms with van der Waals surface area (Å²) in [4.78, 5) is 2.28. The second-order valence-corrected chi connectivity index (χ2v) is 7.18. The van der Waals surface area contributed by atoms with E-state index >= 15 is 0 Å². The van der Waals surface area contributed by atoms with E-state index < -0.39 is 0 Å². The largest absolute Gasteiger partial charge is 0.298 e. The van der Waals surface area contributed by atoms with Crippen molar-refractivity contribution in [1.82, 2.24) is 4.90 Å². The van der Waals surface area contributed by atoms with Gasteiger partial charge in [0.15, 0.2) is 0 Å². The minimum absolute atomic E-state index is 0.0662. The summed E-state index contributed by atoms with van der Waals surface area (Å²) >= 11 is 0. The first-order valence-corrected chi connectivity index (χ1v) is 8.45. The SMILES string of the molecule is CN(C/C=C\C#CC(C)(C)C)Cc1ccc(-c2ccccc2)cc1. The molecular weight excluding hydrogens is 290 g/mol. The quantitative estimate of drug-likeness (QED) is 0.668. The molecule has 0 bridgehead atoms. The van der Waals surface area contributed by atoms with Gasteiger partial charge in [0.1, 0.15) is 0 Å². The van der Waals surface area contributed by atoms with Crippen LogP contribution in [0.1, 0.15) is 26.3 Å². The number of benzene rings is 2. The molecule has 2 aromatic rings. The van der Waals surface area contributed by atoms with Crippen LogP contribution in [0.5, 0.6) is 0 Å². The number of likely N-dealkylation sites (N-methyl/N-ethyl adjacent to an activating group) is 1. The summed E-state index contributed by atoms with van der Waals surface area (Å²) in [5.41, 5.74) is 3.92. The number of allylic oxidation sites excluding steroid dienone is 1. The molecule has 0 aliphatic heterocycles. The Morgan fingerprint density at radius 1 is 0.917 bits per heavy atom. The lowest BCUT2D eigenvalue weighted by molar-refractivity contribution is 0.363. The number of hydrogen-bond donors (Lipinski definition) is 0. The van der Waals surface area contributed by atoms with Crippen molar-refractivity contribution in [3.05, 3.63) is 72.3 Å². The molecule has 0 unspecified atom stereocenters. The van der Waals surface area contributed by atoms with Crippen LogP contribution in [0.15, 0.2) is 66.7 Å². The Bertz CT molecular complexity index is 707.